The van der Waals surface area contributed by atoms with Gasteiger partial charge in [0.05, 0.1) is 0 Å². The Kier molecular flexibility index (Phi) is 15.6. The van der Waals surface area contributed by atoms with E-state index in [1.807, 2.05) is 0 Å². The Morgan fingerprint density at radius 3 is 1.50 bits per heavy atom. The van der Waals surface area contributed by atoms with Crippen molar-refractivity contribution in [3.05, 3.63) is 6.42 Å². The molecular weight excluding hydrogens is 269 g/mol. The van der Waals surface area contributed by atoms with Crippen LogP contribution < -0.4 is 17.0 Å². The van der Waals surface area contributed by atoms with Gasteiger partial charge >= 0.3 is 19.5 Å². The molecule has 12 heavy (non-hydrogen) atoms. The van der Waals surface area contributed by atoms with Crippen molar-refractivity contribution in [1.29, 1.82) is 0 Å². The van der Waals surface area contributed by atoms with Crippen molar-refractivity contribution in [3.8, 4) is 0 Å². The van der Waals surface area contributed by atoms with Crippen LogP contribution in [0.3, 0.4) is 0 Å². The summed E-state index contributed by atoms with van der Waals surface area (Å²) in [5.41, 5.74) is 0. The second-order valence-corrected chi connectivity index (χ2v) is 2.89. The van der Waals surface area contributed by atoms with Crippen molar-refractivity contribution in [2.24, 2.45) is 0 Å². The molecule has 1 aliphatic carbocycles. The second-order valence-electron chi connectivity index (χ2n) is 2.89. The molecule has 0 aromatic heterocycles. The molecule has 0 unspecified atom stereocenters. The third-order valence-electron chi connectivity index (χ3n) is 1.89. The smallest absolute Gasteiger partial charge is 1.00 e. The van der Waals surface area contributed by atoms with Gasteiger partial charge in [-0.15, -0.1) is 0 Å². The Morgan fingerprint density at radius 2 is 1.33 bits per heavy atom. The van der Waals surface area contributed by atoms with E-state index in [4.69, 9.17) is 4.74 Å². The van der Waals surface area contributed by atoms with Gasteiger partial charge < -0.3 is 28.1 Å². The normalized spacial score (nSPS) is 20.0. The maximum Gasteiger partial charge on any atom is 2.00 e. The molecule has 1 saturated heterocycles. The zero-order valence-electron chi connectivity index (χ0n) is 7.73. The van der Waals surface area contributed by atoms with Gasteiger partial charge in [-0.1, -0.05) is 12.8 Å². The Bertz CT molecular complexity index is 47.7. The predicted octanol–water partition coefficient (Wildman–Crippen LogP) is -0.437. The zero-order valence-corrected chi connectivity index (χ0v) is 12.3. The summed E-state index contributed by atoms with van der Waals surface area (Å²) in [5.74, 6) is 0. The summed E-state index contributed by atoms with van der Waals surface area (Å²) < 4.78 is 4.94. The van der Waals surface area contributed by atoms with Crippen molar-refractivity contribution in [1.82, 2.24) is 0 Å². The molecule has 1 aliphatic heterocycles. The Morgan fingerprint density at radius 1 is 0.833 bits per heavy atom. The molecule has 1 heterocycles. The maximum absolute atomic E-state index is 4.94. The Labute approximate surface area is 99.2 Å². The van der Waals surface area contributed by atoms with Crippen molar-refractivity contribution < 1.29 is 41.2 Å². The number of halogens is 1. The van der Waals surface area contributed by atoms with Crippen LogP contribution in [0.25, 0.3) is 0 Å². The van der Waals surface area contributed by atoms with Gasteiger partial charge in [0.25, 0.3) is 0 Å². The topological polar surface area (TPSA) is 9.23 Å². The summed E-state index contributed by atoms with van der Waals surface area (Å²) in [6.45, 7) is 2.00. The van der Waals surface area contributed by atoms with Gasteiger partial charge in [0.15, 0.2) is 0 Å². The van der Waals surface area contributed by atoms with Gasteiger partial charge in [-0.25, -0.2) is 0 Å². The summed E-state index contributed by atoms with van der Waals surface area (Å²) in [5, 5.41) is 0. The molecule has 0 N–H and O–H groups in total. The average Bonchev–Trinajstić information content (AvgIpc) is 2.67. The molecule has 0 aromatic rings. The molecule has 0 radical (unpaired) electrons. The minimum atomic E-state index is 0. The Balaban J connectivity index is 0. The van der Waals surface area contributed by atoms with E-state index < -0.39 is 0 Å². The minimum absolute atomic E-state index is 0. The van der Waals surface area contributed by atoms with Gasteiger partial charge in [0, 0.05) is 13.2 Å². The fourth-order valence-corrected chi connectivity index (χ4v) is 1.23. The van der Waals surface area contributed by atoms with E-state index in [1.54, 1.807) is 0 Å². The quantitative estimate of drug-likeness (QED) is 0.433. The molecule has 68 valence electrons. The van der Waals surface area contributed by atoms with Crippen LogP contribution in [-0.2, 0) is 24.2 Å². The molecule has 1 saturated carbocycles. The molecule has 0 amide bonds. The van der Waals surface area contributed by atoms with Gasteiger partial charge in [0.1, 0.15) is 0 Å². The van der Waals surface area contributed by atoms with Crippen molar-refractivity contribution in [3.63, 3.8) is 0 Å². The van der Waals surface area contributed by atoms with E-state index in [0.29, 0.717) is 0 Å². The molecule has 0 aromatic carbocycles. The van der Waals surface area contributed by atoms with E-state index >= 15 is 0 Å². The summed E-state index contributed by atoms with van der Waals surface area (Å²) in [7, 11) is 0. The largest absolute Gasteiger partial charge is 2.00 e. The number of ether oxygens (including phenoxy) is 1. The van der Waals surface area contributed by atoms with Crippen LogP contribution in [0.2, 0.25) is 0 Å². The molecule has 0 atom stereocenters. The number of hydrogen-bond acceptors (Lipinski definition) is 1. The average molecular weight is 287 g/mol. The van der Waals surface area contributed by atoms with Crippen molar-refractivity contribution >= 4 is 0 Å². The number of rotatable bonds is 0. The number of hydrogen-bond donors (Lipinski definition) is 0. The summed E-state index contributed by atoms with van der Waals surface area (Å²) >= 11 is 0. The molecule has 2 rings (SSSR count). The fourth-order valence-electron chi connectivity index (χ4n) is 1.23. The molecule has 2 fully saturated rings. The standard InChI is InChI=1S/C5H9.C4H8O.BrH.Zn/c2*1-2-4-5-3-1;;/h1H,2-5H2;1-4H2;1H;/q-1;;;+2/p-1. The first-order valence-electron chi connectivity index (χ1n) is 4.39. The third kappa shape index (κ3) is 9.15. The SMILES string of the molecule is C1CCOC1.[Br-].[CH-]1CCCC1.[Zn+2]. The molecule has 2 aliphatic rings. The second kappa shape index (κ2) is 12.1. The minimum Gasteiger partial charge on any atom is -1.00 e. The van der Waals surface area contributed by atoms with Crippen LogP contribution >= 0.6 is 0 Å². The summed E-state index contributed by atoms with van der Waals surface area (Å²) in [6.07, 6.45) is 10.6. The molecule has 0 spiro atoms. The molecule has 0 bridgehead atoms. The first kappa shape index (κ1) is 15.5. The predicted molar refractivity (Wildman–Crippen MR) is 42.8 cm³/mol. The van der Waals surface area contributed by atoms with Crippen LogP contribution in [0.4, 0.5) is 0 Å². The van der Waals surface area contributed by atoms with E-state index in [1.165, 1.54) is 38.5 Å². The fraction of sp³-hybridized carbons (Fsp3) is 0.889. The van der Waals surface area contributed by atoms with E-state index in [9.17, 15) is 0 Å². The van der Waals surface area contributed by atoms with Crippen LogP contribution in [0.1, 0.15) is 38.5 Å². The van der Waals surface area contributed by atoms with Crippen molar-refractivity contribution in [2.75, 3.05) is 13.2 Å². The van der Waals surface area contributed by atoms with Crippen LogP contribution in [-0.4, -0.2) is 13.2 Å². The van der Waals surface area contributed by atoms with Crippen molar-refractivity contribution in [2.45, 2.75) is 38.5 Å². The maximum atomic E-state index is 4.94. The Hall–Kier alpha value is 1.06. The van der Waals surface area contributed by atoms with Gasteiger partial charge in [-0.05, 0) is 12.8 Å². The zero-order chi connectivity index (χ0) is 7.07. The van der Waals surface area contributed by atoms with Crippen LogP contribution in [0, 0.1) is 6.42 Å². The summed E-state index contributed by atoms with van der Waals surface area (Å²) in [6, 6.07) is 0. The van der Waals surface area contributed by atoms with E-state index in [-0.39, 0.29) is 36.5 Å². The van der Waals surface area contributed by atoms with Crippen LogP contribution in [0.5, 0.6) is 0 Å². The monoisotopic (exact) mass is 284 g/mol. The molecule has 1 nitrogen and oxygen atoms in total. The summed E-state index contributed by atoms with van der Waals surface area (Å²) in [4.78, 5) is 0. The van der Waals surface area contributed by atoms with E-state index in [2.05, 4.69) is 6.42 Å². The van der Waals surface area contributed by atoms with Gasteiger partial charge in [-0.2, -0.15) is 12.8 Å². The third-order valence-corrected chi connectivity index (χ3v) is 1.89. The van der Waals surface area contributed by atoms with E-state index in [0.717, 1.165) is 13.2 Å². The van der Waals surface area contributed by atoms with Gasteiger partial charge in [-0.3, -0.25) is 0 Å². The van der Waals surface area contributed by atoms with Crippen LogP contribution in [0.15, 0.2) is 0 Å². The molecule has 3 heteroatoms. The van der Waals surface area contributed by atoms with Gasteiger partial charge in [0.2, 0.25) is 0 Å². The first-order chi connectivity index (χ1) is 5.00. The first-order valence-corrected chi connectivity index (χ1v) is 4.39. The molecular formula is C9H17BrOZn.